The van der Waals surface area contributed by atoms with Crippen LogP contribution in [0.3, 0.4) is 0 Å². The van der Waals surface area contributed by atoms with E-state index in [2.05, 4.69) is 330 Å². The average molecular weight is 1250 g/mol. The van der Waals surface area contributed by atoms with Gasteiger partial charge in [-0.25, -0.2) is 0 Å². The lowest BCUT2D eigenvalue weighted by atomic mass is 9.58. The largest absolute Gasteiger partial charge is 0.0650 e. The van der Waals surface area contributed by atoms with E-state index in [4.69, 9.17) is 0 Å². The van der Waals surface area contributed by atoms with Crippen molar-refractivity contribution in [3.8, 4) is 0 Å². The van der Waals surface area contributed by atoms with Crippen LogP contribution in [0.25, 0.3) is 97.0 Å². The summed E-state index contributed by atoms with van der Waals surface area (Å²) in [7, 11) is 0. The van der Waals surface area contributed by atoms with Crippen molar-refractivity contribution in [2.45, 2.75) is 53.3 Å². The monoisotopic (exact) mass is 1250 g/mol. The molecule has 0 unspecified atom stereocenters. The highest BCUT2D eigenvalue weighted by molar-refractivity contribution is 6.18. The van der Waals surface area contributed by atoms with Crippen LogP contribution in [0.15, 0.2) is 309 Å². The van der Waals surface area contributed by atoms with Crippen molar-refractivity contribution in [3.63, 3.8) is 0 Å². The van der Waals surface area contributed by atoms with Crippen LogP contribution in [0.4, 0.5) is 0 Å². The molecule has 0 saturated heterocycles. The molecule has 0 nitrogen and oxygen atoms in total. The molecule has 0 heteroatoms. The maximum absolute atomic E-state index is 2.49. The SMILES string of the molecule is Cc1cc2c3c(cccc3c1)C13c4cccc5cccc(c45)C21c1cccc2cccc3c12.Cc1ccc2c3c(cccc13)C13c4cccc5cccc(c45)C21c1cccc2cccc3c12.Cc1ccc2cccc3c2c1C12c4cccc5cccc(c45)C31c1cccc3cccc2c13. The van der Waals surface area contributed by atoms with Gasteiger partial charge in [0.2, 0.25) is 0 Å². The van der Waals surface area contributed by atoms with Gasteiger partial charge in [0.1, 0.15) is 0 Å². The van der Waals surface area contributed by atoms with E-state index in [9.17, 15) is 0 Å². The van der Waals surface area contributed by atoms with E-state index in [-0.39, 0.29) is 32.5 Å². The summed E-state index contributed by atoms with van der Waals surface area (Å²) in [6, 6.07) is 119. The van der Waals surface area contributed by atoms with Gasteiger partial charge in [0.15, 0.2) is 0 Å². The lowest BCUT2D eigenvalue weighted by Crippen LogP contribution is -2.42. The topological polar surface area (TPSA) is 0 Å². The van der Waals surface area contributed by atoms with Crippen LogP contribution in [0.2, 0.25) is 0 Å². The second-order valence-electron chi connectivity index (χ2n) is 30.3. The molecule has 0 fully saturated rings. The maximum atomic E-state index is 2.49. The molecule has 18 aromatic carbocycles. The number of rotatable bonds is 0. The molecule has 0 amide bonds. The van der Waals surface area contributed by atoms with Crippen LogP contribution in [-0.2, 0) is 32.5 Å². The summed E-state index contributed by atoms with van der Waals surface area (Å²) in [5, 5.41) is 25.4. The molecule has 0 atom stereocenters. The van der Waals surface area contributed by atoms with Crippen LogP contribution < -0.4 is 0 Å². The zero-order valence-electron chi connectivity index (χ0n) is 54.9. The van der Waals surface area contributed by atoms with Crippen molar-refractivity contribution in [1.82, 2.24) is 0 Å². The van der Waals surface area contributed by atoms with Crippen LogP contribution in [0.5, 0.6) is 0 Å². The first kappa shape index (κ1) is 52.5. The minimum absolute atomic E-state index is 0.227. The number of hydrogen-bond acceptors (Lipinski definition) is 0. The van der Waals surface area contributed by atoms with Gasteiger partial charge < -0.3 is 0 Å². The van der Waals surface area contributed by atoms with E-state index in [1.54, 1.807) is 0 Å². The second-order valence-corrected chi connectivity index (χ2v) is 30.3. The summed E-state index contributed by atoms with van der Waals surface area (Å²) in [5.74, 6) is 0. The second kappa shape index (κ2) is 17.0. The van der Waals surface area contributed by atoms with Crippen molar-refractivity contribution in [1.29, 1.82) is 0 Å². The lowest BCUT2D eigenvalue weighted by Gasteiger charge is -2.40. The van der Waals surface area contributed by atoms with E-state index in [1.165, 1.54) is 214 Å². The van der Waals surface area contributed by atoms with Gasteiger partial charge in [-0.15, -0.1) is 0 Å². The highest BCUT2D eigenvalue weighted by atomic mass is 14.7. The Morgan fingerprint density at radius 3 is 0.737 bits per heavy atom. The zero-order chi connectivity index (χ0) is 64.6. The third kappa shape index (κ3) is 5.08. The van der Waals surface area contributed by atoms with Crippen molar-refractivity contribution in [2.24, 2.45) is 0 Å². The van der Waals surface area contributed by atoms with Crippen LogP contribution in [-0.4, -0.2) is 0 Å². The molecule has 0 bridgehead atoms. The van der Waals surface area contributed by atoms with Gasteiger partial charge in [-0.05, 0) is 229 Å². The van der Waals surface area contributed by atoms with Gasteiger partial charge in [0, 0.05) is 0 Å². The van der Waals surface area contributed by atoms with Crippen LogP contribution in [0.1, 0.15) is 117 Å². The fourth-order valence-electron chi connectivity index (χ4n) is 24.7. The Bertz CT molecular complexity index is 6600. The van der Waals surface area contributed by atoms with Crippen molar-refractivity contribution in [2.75, 3.05) is 0 Å². The third-order valence-electron chi connectivity index (χ3n) is 27.0. The fraction of sp³-hybridized carbons (Fsp3) is 0.0909. The Labute approximate surface area is 572 Å². The Balaban J connectivity index is 0.0000000882. The van der Waals surface area contributed by atoms with Gasteiger partial charge in [-0.2, -0.15) is 0 Å². The predicted molar refractivity (Wildman–Crippen MR) is 409 cm³/mol. The molecule has 99 heavy (non-hydrogen) atoms. The van der Waals surface area contributed by atoms with Gasteiger partial charge in [0.25, 0.3) is 0 Å². The zero-order valence-corrected chi connectivity index (χ0v) is 54.9. The molecule has 0 heterocycles. The standard InChI is InChI=1S/3C33H20/c1-19-17-22-11-6-16-27-31(22)28(18-19)33-25-14-4-9-20-7-2-12-23(29(20)25)32(27,33)24-13-3-8-21-10-5-15-26(33)30(21)24;1-19-17-18-28-31-22(19)11-6-16-27(31)32-23-12-2-7-20-9-4-14-25(29(20)23)33(28,32)26-15-5-10-21-8-3-13-24(32)30(21)26;1-19-17-18-22-11-6-16-27-30(22)31(19)33-25-14-4-9-20-7-2-12-23(28(20)25)32(27,33)24-13-3-8-21-10-5-15-26(33)29(21)24/h3*2-18H,1H3. The molecule has 9 aliphatic rings. The summed E-state index contributed by atoms with van der Waals surface area (Å²) in [6.07, 6.45) is 0. The Morgan fingerprint density at radius 2 is 0.394 bits per heavy atom. The molecule has 0 spiro atoms. The van der Waals surface area contributed by atoms with E-state index in [0.717, 1.165) is 0 Å². The van der Waals surface area contributed by atoms with Gasteiger partial charge in [0.05, 0.1) is 32.5 Å². The Morgan fingerprint density at radius 1 is 0.162 bits per heavy atom. The third-order valence-corrected chi connectivity index (χ3v) is 27.0. The van der Waals surface area contributed by atoms with Crippen molar-refractivity contribution >= 4 is 97.0 Å². The highest BCUT2D eigenvalue weighted by Crippen LogP contribution is 2.79. The first-order chi connectivity index (χ1) is 48.9. The summed E-state index contributed by atoms with van der Waals surface area (Å²) in [4.78, 5) is 0. The maximum Gasteiger partial charge on any atom is 0.0650 e. The average Bonchev–Trinajstić information content (AvgIpc) is 1.46. The van der Waals surface area contributed by atoms with E-state index >= 15 is 0 Å². The molecule has 0 radical (unpaired) electrons. The van der Waals surface area contributed by atoms with E-state index in [0.29, 0.717) is 0 Å². The molecule has 0 N–H and O–H groups in total. The van der Waals surface area contributed by atoms with Crippen LogP contribution >= 0.6 is 0 Å². The molecular formula is C99H60. The van der Waals surface area contributed by atoms with E-state index < -0.39 is 0 Å². The number of aryl methyl sites for hydroxylation is 3. The first-order valence-electron chi connectivity index (χ1n) is 35.6. The van der Waals surface area contributed by atoms with Crippen LogP contribution in [0, 0.1) is 20.8 Å². The quantitative estimate of drug-likeness (QED) is 0.142. The summed E-state index contributed by atoms with van der Waals surface area (Å²) >= 11 is 0. The molecule has 456 valence electrons. The molecule has 0 aliphatic heterocycles. The number of hydrogen-bond donors (Lipinski definition) is 0. The predicted octanol–water partition coefficient (Wildman–Crippen LogP) is 23.3. The molecule has 0 saturated carbocycles. The lowest BCUT2D eigenvalue weighted by molar-refractivity contribution is 0.490. The smallest absolute Gasteiger partial charge is 0.0613 e. The summed E-state index contributed by atoms with van der Waals surface area (Å²) in [6.45, 7) is 6.83. The van der Waals surface area contributed by atoms with Crippen molar-refractivity contribution < 1.29 is 0 Å². The summed E-state index contributed by atoms with van der Waals surface area (Å²) in [5.41, 5.74) is 29.3. The first-order valence-corrected chi connectivity index (χ1v) is 35.6. The minimum atomic E-state index is -0.229. The molecular weight excluding hydrogens is 1190 g/mol. The molecule has 0 aromatic heterocycles. The molecule has 9 aliphatic carbocycles. The van der Waals surface area contributed by atoms with E-state index in [1.807, 2.05) is 0 Å². The van der Waals surface area contributed by atoms with Gasteiger partial charge in [-0.3, -0.25) is 0 Å². The van der Waals surface area contributed by atoms with Gasteiger partial charge in [-0.1, -0.05) is 315 Å². The Kier molecular flexibility index (Phi) is 9.00. The molecule has 18 aromatic rings. The van der Waals surface area contributed by atoms with Gasteiger partial charge >= 0.3 is 0 Å². The number of benzene rings is 18. The minimum Gasteiger partial charge on any atom is -0.0613 e. The highest BCUT2D eigenvalue weighted by Gasteiger charge is 2.73. The fourth-order valence-corrected chi connectivity index (χ4v) is 24.7. The molecule has 27 rings (SSSR count). The summed E-state index contributed by atoms with van der Waals surface area (Å²) < 4.78 is 0. The Hall–Kier alpha value is -11.7. The van der Waals surface area contributed by atoms with Crippen molar-refractivity contribution in [3.05, 3.63) is 426 Å². The normalized spacial score (nSPS) is 22.9.